The molecule has 1 spiro atoms. The van der Waals surface area contributed by atoms with Gasteiger partial charge in [0.15, 0.2) is 5.82 Å². The van der Waals surface area contributed by atoms with Crippen LogP contribution in [-0.2, 0) is 4.79 Å². The second-order valence-electron chi connectivity index (χ2n) is 27.0. The minimum Gasteiger partial charge on any atom is -0.508 e. The number of carbonyl (C=O) groups is 3. The van der Waals surface area contributed by atoms with Gasteiger partial charge in [-0.3, -0.25) is 24.8 Å². The van der Waals surface area contributed by atoms with Crippen LogP contribution < -0.4 is 19.9 Å². The van der Waals surface area contributed by atoms with Crippen LogP contribution in [0.3, 0.4) is 0 Å². The van der Waals surface area contributed by atoms with Crippen LogP contribution in [0, 0.1) is 39.8 Å². The summed E-state index contributed by atoms with van der Waals surface area (Å²) >= 11 is 6.48. The molecule has 2 aromatic heterocycles. The number of benzene rings is 3. The Morgan fingerprint density at radius 3 is 2.25 bits per heavy atom. The summed E-state index contributed by atoms with van der Waals surface area (Å²) in [5.41, 5.74) is 4.93. The molecule has 0 bridgehead atoms. The van der Waals surface area contributed by atoms with Crippen LogP contribution in [0.2, 0.25) is 21.6 Å². The second-order valence-corrected chi connectivity index (χ2v) is 33.0. The summed E-state index contributed by atoms with van der Waals surface area (Å²) in [6.45, 7) is 23.8. The van der Waals surface area contributed by atoms with Crippen molar-refractivity contribution in [2.45, 2.75) is 148 Å². The number of amides is 4. The van der Waals surface area contributed by atoms with E-state index in [9.17, 15) is 24.6 Å². The number of rotatable bonds is 15. The maximum absolute atomic E-state index is 17.7. The van der Waals surface area contributed by atoms with E-state index in [-0.39, 0.29) is 76.3 Å². The molecule has 4 aliphatic heterocycles. The molecule has 85 heavy (non-hydrogen) atoms. The van der Waals surface area contributed by atoms with Crippen molar-refractivity contribution in [3.05, 3.63) is 76.4 Å². The average molecular weight is 1200 g/mol. The van der Waals surface area contributed by atoms with E-state index in [1.165, 1.54) is 49.1 Å². The Hall–Kier alpha value is -5.97. The number of hydrogen-bond donors (Lipinski definition) is 3. The molecule has 2 saturated carbocycles. The lowest BCUT2D eigenvalue weighted by Crippen LogP contribution is -2.49. The van der Waals surface area contributed by atoms with Gasteiger partial charge < -0.3 is 34.5 Å². The van der Waals surface area contributed by atoms with Gasteiger partial charge in [0.05, 0.1) is 33.9 Å². The fourth-order valence-corrected chi connectivity index (χ4v) is 20.5. The monoisotopic (exact) mass is 1200 g/mol. The summed E-state index contributed by atoms with van der Waals surface area (Å²) in [4.78, 5) is 63.0. The number of nitrogens with zero attached hydrogens (tertiary/aromatic N) is 8. The average Bonchev–Trinajstić information content (AvgIpc) is 1.87. The molecule has 4 saturated heterocycles. The van der Waals surface area contributed by atoms with Gasteiger partial charge >= 0.3 is 12.0 Å². The third kappa shape index (κ3) is 12.6. The molecule has 11 rings (SSSR count). The molecule has 4 amide bonds. The first-order valence-corrected chi connectivity index (χ1v) is 33.8. The molecular weight excluding hydrogens is 1120 g/mol. The molecule has 1 atom stereocenters. The van der Waals surface area contributed by atoms with Gasteiger partial charge in [-0.2, -0.15) is 9.97 Å². The number of anilines is 2. The number of fused-ring (bicyclic) bond motifs is 2. The first kappa shape index (κ1) is 60.7. The lowest BCUT2D eigenvalue weighted by Gasteiger charge is -2.46. The summed E-state index contributed by atoms with van der Waals surface area (Å²) < 4.78 is 40.6. The van der Waals surface area contributed by atoms with Crippen LogP contribution in [0.15, 0.2) is 48.7 Å². The van der Waals surface area contributed by atoms with E-state index in [1.807, 2.05) is 9.80 Å². The minimum absolute atomic E-state index is 0.0101. The fraction of sp³-hybridized carbons (Fsp3) is 0.576. The lowest BCUT2D eigenvalue weighted by atomic mass is 9.65. The molecule has 0 radical (unpaired) electrons. The minimum atomic E-state index is -2.32. The highest BCUT2D eigenvalue weighted by molar-refractivity contribution is 6.90. The number of piperazine rings is 1. The van der Waals surface area contributed by atoms with Gasteiger partial charge in [0.2, 0.25) is 5.91 Å². The summed E-state index contributed by atoms with van der Waals surface area (Å²) in [7, 11) is -2.32. The van der Waals surface area contributed by atoms with Crippen LogP contribution in [0.4, 0.5) is 25.1 Å². The largest absolute Gasteiger partial charge is 0.508 e. The van der Waals surface area contributed by atoms with Gasteiger partial charge in [0, 0.05) is 100.0 Å². The van der Waals surface area contributed by atoms with Crippen LogP contribution in [-0.4, -0.2) is 150 Å². The smallest absolute Gasteiger partial charge is 0.328 e. The zero-order chi connectivity index (χ0) is 60.2. The Bertz CT molecular complexity index is 3410. The van der Waals surface area contributed by atoms with Crippen molar-refractivity contribution >= 4 is 70.7 Å². The third-order valence-corrected chi connectivity index (χ3v) is 27.0. The first-order valence-electron chi connectivity index (χ1n) is 31.2. The molecule has 454 valence electrons. The van der Waals surface area contributed by atoms with Gasteiger partial charge in [0.1, 0.15) is 36.7 Å². The Morgan fingerprint density at radius 1 is 0.871 bits per heavy atom. The number of aliphatic hydroxyl groups is 1. The number of β-amino-alcohol motifs (C(OH)–C–C–N with tert-alkyl or cyclic N) is 1. The Balaban J connectivity index is 0.720. The normalized spacial score (nSPS) is 21.6. The standard InChI is InChI=1S/C66H84ClF2N9O6Si/c1-42(2)85(43(3)4,44(5)6)34-17-49-53(68)12-10-46-35-48(79)37-50(56(46)49)58-57(69)59-51(38-70-58)60(77-25-8-18-64(7,83)39-77)73-62(72-59)84-41-66(21-22-66)40-75-32-30-74(31-33-75)26-15-45-13-19-65(20-14-45)23-28-76(29-24-65)61(81)47-9-11-52(67)54(36-47)78-27-16-55(80)71-63(78)82/h9-12,35-38,42-45,79,83H,8,13-16,18-33,39-41H2,1-7H3,(H,71,80,82)/t64-/m1/s1. The molecule has 15 nitrogen and oxygen atoms in total. The van der Waals surface area contributed by atoms with Crippen LogP contribution in [0.1, 0.15) is 141 Å². The van der Waals surface area contributed by atoms with E-state index in [0.717, 1.165) is 65.0 Å². The number of ether oxygens (including phenoxy) is 1. The van der Waals surface area contributed by atoms with Crippen molar-refractivity contribution in [1.29, 1.82) is 0 Å². The predicted octanol–water partition coefficient (Wildman–Crippen LogP) is 12.1. The Labute approximate surface area is 505 Å². The highest BCUT2D eigenvalue weighted by Crippen LogP contribution is 2.49. The lowest BCUT2D eigenvalue weighted by molar-refractivity contribution is -0.120. The maximum atomic E-state index is 17.7. The van der Waals surface area contributed by atoms with Gasteiger partial charge in [-0.25, -0.2) is 13.6 Å². The maximum Gasteiger partial charge on any atom is 0.328 e. The molecule has 0 unspecified atom stereocenters. The zero-order valence-electron chi connectivity index (χ0n) is 50.6. The third-order valence-electron chi connectivity index (χ3n) is 20.4. The highest BCUT2D eigenvalue weighted by atomic mass is 35.5. The number of halogens is 3. The summed E-state index contributed by atoms with van der Waals surface area (Å²) in [5, 5.41) is 26.3. The topological polar surface area (TPSA) is 168 Å². The number of phenols is 1. The molecule has 19 heteroatoms. The molecular formula is C66H84ClF2N9O6Si. The fourth-order valence-electron chi connectivity index (χ4n) is 15.1. The Morgan fingerprint density at radius 2 is 1.58 bits per heavy atom. The number of nitrogens with one attached hydrogen (secondary N) is 1. The number of imide groups is 1. The summed E-state index contributed by atoms with van der Waals surface area (Å²) in [5.74, 6) is 2.65. The van der Waals surface area contributed by atoms with Gasteiger partial charge in [-0.1, -0.05) is 65.1 Å². The first-order chi connectivity index (χ1) is 40.5. The van der Waals surface area contributed by atoms with E-state index in [0.29, 0.717) is 99.9 Å². The number of piperidine rings is 2. The van der Waals surface area contributed by atoms with E-state index in [2.05, 4.69) is 68.1 Å². The van der Waals surface area contributed by atoms with Crippen molar-refractivity contribution in [3.8, 4) is 34.5 Å². The zero-order valence-corrected chi connectivity index (χ0v) is 52.4. The quantitative estimate of drug-likeness (QED) is 0.0671. The number of pyridine rings is 1. The van der Waals surface area contributed by atoms with E-state index in [4.69, 9.17) is 31.3 Å². The molecule has 6 aliphatic rings. The van der Waals surface area contributed by atoms with Gasteiger partial charge in [0.25, 0.3) is 5.91 Å². The van der Waals surface area contributed by atoms with E-state index < -0.39 is 31.3 Å². The SMILES string of the molecule is CC(C)[Si](C#Cc1c(F)ccc2cc(O)cc(-c3ncc4c(N5CCC[C@@](C)(O)C5)nc(OCC5(CN6CCN(CCC7CCC8(CC7)CCN(C(=O)c7ccc(Cl)c(N9CCC(=O)NC9=O)c7)CC8)CC6)CC5)nc4c3F)c12)(C(C)C)C(C)C. The number of hydrogen-bond acceptors (Lipinski definition) is 12. The predicted molar refractivity (Wildman–Crippen MR) is 333 cm³/mol. The number of aromatic hydroxyl groups is 1. The molecule has 2 aliphatic carbocycles. The van der Waals surface area contributed by atoms with Gasteiger partial charge in [-0.05, 0) is 154 Å². The molecule has 5 aromatic rings. The van der Waals surface area contributed by atoms with Gasteiger partial charge in [-0.15, -0.1) is 5.54 Å². The van der Waals surface area contributed by atoms with Crippen molar-refractivity contribution in [3.63, 3.8) is 0 Å². The number of urea groups is 1. The van der Waals surface area contributed by atoms with Crippen LogP contribution >= 0.6 is 11.6 Å². The number of phenolic OH excluding ortho intramolecular Hbond substituents is 1. The molecule has 3 aromatic carbocycles. The highest BCUT2D eigenvalue weighted by Gasteiger charge is 2.46. The summed E-state index contributed by atoms with van der Waals surface area (Å²) in [6.07, 6.45) is 13.0. The van der Waals surface area contributed by atoms with Crippen LogP contribution in [0.25, 0.3) is 32.9 Å². The Kier molecular flexibility index (Phi) is 17.4. The van der Waals surface area contributed by atoms with Crippen molar-refractivity contribution in [2.75, 3.05) is 88.4 Å². The van der Waals surface area contributed by atoms with Crippen molar-refractivity contribution < 1.29 is 38.1 Å². The number of carbonyl (C=O) groups excluding carboxylic acids is 3. The van der Waals surface area contributed by atoms with E-state index in [1.54, 1.807) is 43.5 Å². The molecule has 6 heterocycles. The van der Waals surface area contributed by atoms with Crippen molar-refractivity contribution in [1.82, 2.24) is 35.0 Å². The second kappa shape index (κ2) is 24.3. The van der Waals surface area contributed by atoms with E-state index >= 15 is 8.78 Å². The molecule has 6 fully saturated rings. The summed E-state index contributed by atoms with van der Waals surface area (Å²) in [6, 6.07) is 10.5. The van der Waals surface area contributed by atoms with Crippen LogP contribution in [0.5, 0.6) is 11.8 Å². The number of likely N-dealkylation sites (tertiary alicyclic amines) is 1. The van der Waals surface area contributed by atoms with Crippen molar-refractivity contribution in [2.24, 2.45) is 16.7 Å². The molecule has 3 N–H and O–H groups in total. The number of aromatic nitrogens is 3.